The summed E-state index contributed by atoms with van der Waals surface area (Å²) in [5.74, 6) is 0.113. The van der Waals surface area contributed by atoms with Crippen LogP contribution in [0.1, 0.15) is 27.7 Å². The smallest absolute Gasteiger partial charge is 0.149 e. The first-order valence-electron chi connectivity index (χ1n) is 4.18. The van der Waals surface area contributed by atoms with Crippen molar-refractivity contribution in [3.8, 4) is 0 Å². The SMILES string of the molecule is CN[C@@H](COC(C)(C)C)C(C)=O. The minimum atomic E-state index is -0.177. The summed E-state index contributed by atoms with van der Waals surface area (Å²) in [6, 6.07) is -0.177. The van der Waals surface area contributed by atoms with Crippen molar-refractivity contribution in [3.63, 3.8) is 0 Å². The maximum atomic E-state index is 10.9. The van der Waals surface area contributed by atoms with Crippen molar-refractivity contribution in [1.29, 1.82) is 0 Å². The van der Waals surface area contributed by atoms with Crippen LogP contribution in [0.3, 0.4) is 0 Å². The maximum absolute atomic E-state index is 10.9. The molecule has 0 aromatic heterocycles. The quantitative estimate of drug-likeness (QED) is 0.688. The fraction of sp³-hybridized carbons (Fsp3) is 0.889. The molecular formula is C9H19NO2. The number of nitrogens with one attached hydrogen (secondary N) is 1. The van der Waals surface area contributed by atoms with E-state index in [0.29, 0.717) is 6.61 Å². The number of hydrogen-bond donors (Lipinski definition) is 1. The highest BCUT2D eigenvalue weighted by atomic mass is 16.5. The Morgan fingerprint density at radius 3 is 2.25 bits per heavy atom. The van der Waals surface area contributed by atoms with E-state index in [1.54, 1.807) is 14.0 Å². The molecule has 0 bridgehead atoms. The summed E-state index contributed by atoms with van der Waals surface area (Å²) in [5, 5.41) is 2.90. The second kappa shape index (κ2) is 4.58. The van der Waals surface area contributed by atoms with Crippen LogP contribution >= 0.6 is 0 Å². The number of likely N-dealkylation sites (N-methyl/N-ethyl adjacent to an activating group) is 1. The first-order chi connectivity index (χ1) is 5.37. The topological polar surface area (TPSA) is 38.3 Å². The van der Waals surface area contributed by atoms with E-state index in [1.807, 2.05) is 20.8 Å². The second-order valence-electron chi connectivity index (χ2n) is 3.88. The summed E-state index contributed by atoms with van der Waals surface area (Å²) >= 11 is 0. The molecular weight excluding hydrogens is 154 g/mol. The van der Waals surface area contributed by atoms with E-state index in [0.717, 1.165) is 0 Å². The summed E-state index contributed by atoms with van der Waals surface area (Å²) in [6.07, 6.45) is 0. The van der Waals surface area contributed by atoms with Crippen molar-refractivity contribution >= 4 is 5.78 Å². The number of hydrogen-bond acceptors (Lipinski definition) is 3. The van der Waals surface area contributed by atoms with Crippen molar-refractivity contribution in [2.45, 2.75) is 39.3 Å². The molecule has 0 fully saturated rings. The van der Waals surface area contributed by atoms with Gasteiger partial charge in [-0.1, -0.05) is 0 Å². The van der Waals surface area contributed by atoms with E-state index in [9.17, 15) is 4.79 Å². The summed E-state index contributed by atoms with van der Waals surface area (Å²) in [5.41, 5.74) is -0.176. The summed E-state index contributed by atoms with van der Waals surface area (Å²) < 4.78 is 5.46. The molecule has 0 radical (unpaired) electrons. The van der Waals surface area contributed by atoms with Crippen LogP contribution in [0.15, 0.2) is 0 Å². The number of rotatable bonds is 4. The van der Waals surface area contributed by atoms with Crippen LogP contribution in [0.25, 0.3) is 0 Å². The normalized spacial score (nSPS) is 14.4. The Bertz CT molecular complexity index is 149. The van der Waals surface area contributed by atoms with Crippen LogP contribution in [0.4, 0.5) is 0 Å². The lowest BCUT2D eigenvalue weighted by atomic mass is 10.2. The van der Waals surface area contributed by atoms with Crippen molar-refractivity contribution in [1.82, 2.24) is 5.32 Å². The third kappa shape index (κ3) is 5.27. The lowest BCUT2D eigenvalue weighted by Gasteiger charge is -2.22. The number of carbonyl (C=O) groups excluding carboxylic acids is 1. The Morgan fingerprint density at radius 2 is 2.00 bits per heavy atom. The number of carbonyl (C=O) groups is 1. The van der Waals surface area contributed by atoms with Gasteiger partial charge >= 0.3 is 0 Å². The van der Waals surface area contributed by atoms with Crippen LogP contribution in [-0.4, -0.2) is 31.1 Å². The van der Waals surface area contributed by atoms with Crippen molar-refractivity contribution in [2.24, 2.45) is 0 Å². The van der Waals surface area contributed by atoms with E-state index in [1.165, 1.54) is 0 Å². The molecule has 3 heteroatoms. The van der Waals surface area contributed by atoms with Crippen LogP contribution in [0.2, 0.25) is 0 Å². The average molecular weight is 173 g/mol. The molecule has 12 heavy (non-hydrogen) atoms. The molecule has 0 aliphatic carbocycles. The van der Waals surface area contributed by atoms with E-state index in [2.05, 4.69) is 5.32 Å². The van der Waals surface area contributed by atoms with Crippen LogP contribution in [-0.2, 0) is 9.53 Å². The largest absolute Gasteiger partial charge is 0.374 e. The molecule has 72 valence electrons. The lowest BCUT2D eigenvalue weighted by Crippen LogP contribution is -2.39. The fourth-order valence-electron chi connectivity index (χ4n) is 0.737. The van der Waals surface area contributed by atoms with Crippen molar-refractivity contribution < 1.29 is 9.53 Å². The summed E-state index contributed by atoms with van der Waals surface area (Å²) in [7, 11) is 1.76. The highest BCUT2D eigenvalue weighted by Gasteiger charge is 2.16. The van der Waals surface area contributed by atoms with Gasteiger partial charge in [-0.05, 0) is 34.7 Å². The first kappa shape index (κ1) is 11.6. The van der Waals surface area contributed by atoms with E-state index >= 15 is 0 Å². The zero-order chi connectivity index (χ0) is 9.78. The molecule has 0 saturated heterocycles. The molecule has 0 amide bonds. The van der Waals surface area contributed by atoms with E-state index < -0.39 is 0 Å². The van der Waals surface area contributed by atoms with E-state index in [-0.39, 0.29) is 17.4 Å². The monoisotopic (exact) mass is 173 g/mol. The van der Waals surface area contributed by atoms with Gasteiger partial charge in [0.25, 0.3) is 0 Å². The molecule has 0 unspecified atom stereocenters. The molecule has 1 atom stereocenters. The minimum absolute atomic E-state index is 0.113. The molecule has 0 rings (SSSR count). The molecule has 0 spiro atoms. The van der Waals surface area contributed by atoms with Gasteiger partial charge in [0.1, 0.15) is 5.78 Å². The molecule has 0 aromatic rings. The maximum Gasteiger partial charge on any atom is 0.149 e. The Hall–Kier alpha value is -0.410. The number of ether oxygens (including phenoxy) is 1. The molecule has 0 heterocycles. The van der Waals surface area contributed by atoms with Gasteiger partial charge in [0.2, 0.25) is 0 Å². The van der Waals surface area contributed by atoms with Crippen LogP contribution in [0, 0.1) is 0 Å². The predicted octanol–water partition coefficient (Wildman–Crippen LogP) is 0.978. The molecule has 0 saturated carbocycles. The minimum Gasteiger partial charge on any atom is -0.374 e. The number of ketones is 1. The summed E-state index contributed by atoms with van der Waals surface area (Å²) in [6.45, 7) is 7.92. The number of Topliss-reactive ketones (excluding diaryl/α,β-unsaturated/α-hetero) is 1. The van der Waals surface area contributed by atoms with Gasteiger partial charge in [0.15, 0.2) is 0 Å². The lowest BCUT2D eigenvalue weighted by molar-refractivity contribution is -0.121. The average Bonchev–Trinajstić information content (AvgIpc) is 1.85. The van der Waals surface area contributed by atoms with Crippen LogP contribution in [0.5, 0.6) is 0 Å². The van der Waals surface area contributed by atoms with Gasteiger partial charge in [-0.25, -0.2) is 0 Å². The zero-order valence-electron chi connectivity index (χ0n) is 8.60. The molecule has 0 aliphatic rings. The molecule has 1 N–H and O–H groups in total. The second-order valence-corrected chi connectivity index (χ2v) is 3.88. The van der Waals surface area contributed by atoms with E-state index in [4.69, 9.17) is 4.74 Å². The van der Waals surface area contributed by atoms with Gasteiger partial charge in [-0.2, -0.15) is 0 Å². The Morgan fingerprint density at radius 1 is 1.50 bits per heavy atom. The fourth-order valence-corrected chi connectivity index (χ4v) is 0.737. The van der Waals surface area contributed by atoms with Gasteiger partial charge in [0.05, 0.1) is 18.2 Å². The zero-order valence-corrected chi connectivity index (χ0v) is 8.60. The van der Waals surface area contributed by atoms with Crippen molar-refractivity contribution in [3.05, 3.63) is 0 Å². The standard InChI is InChI=1S/C9H19NO2/c1-7(11)8(10-5)6-12-9(2,3)4/h8,10H,6H2,1-5H3/t8-/m0/s1. The van der Waals surface area contributed by atoms with Crippen LogP contribution < -0.4 is 5.32 Å². The van der Waals surface area contributed by atoms with Gasteiger partial charge in [-0.3, -0.25) is 4.79 Å². The van der Waals surface area contributed by atoms with Gasteiger partial charge in [0, 0.05) is 0 Å². The molecule has 3 nitrogen and oxygen atoms in total. The molecule has 0 aromatic carbocycles. The summed E-state index contributed by atoms with van der Waals surface area (Å²) in [4.78, 5) is 10.9. The van der Waals surface area contributed by atoms with Gasteiger partial charge in [-0.15, -0.1) is 0 Å². The van der Waals surface area contributed by atoms with Crippen molar-refractivity contribution in [2.75, 3.05) is 13.7 Å². The van der Waals surface area contributed by atoms with Gasteiger partial charge < -0.3 is 10.1 Å². The Labute approximate surface area is 74.5 Å². The molecule has 0 aliphatic heterocycles. The highest BCUT2D eigenvalue weighted by molar-refractivity contribution is 5.81. The first-order valence-corrected chi connectivity index (χ1v) is 4.18. The third-order valence-electron chi connectivity index (χ3n) is 1.52. The Kier molecular flexibility index (Phi) is 4.42. The third-order valence-corrected chi connectivity index (χ3v) is 1.52. The Balaban J connectivity index is 3.81. The predicted molar refractivity (Wildman–Crippen MR) is 49.2 cm³/mol. The highest BCUT2D eigenvalue weighted by Crippen LogP contribution is 2.07.